The van der Waals surface area contributed by atoms with Gasteiger partial charge >= 0.3 is 0 Å². The molecule has 3 aromatic rings. The lowest BCUT2D eigenvalue weighted by Crippen LogP contribution is -1.88. The largest absolute Gasteiger partial charge is 0.329 e. The number of hydrogen-bond donors (Lipinski definition) is 1. The van der Waals surface area contributed by atoms with Gasteiger partial charge in [-0.3, -0.25) is 0 Å². The standard InChI is InChI=1S/C11H7N4/c1-2-4-8(5-3-1)10-12-6-9-11(15-10)14-7-13-9/h1-4,6-7H,(H,12,13,14,15). The maximum Gasteiger partial charge on any atom is 0.162 e. The molecule has 0 aliphatic heterocycles. The van der Waals surface area contributed by atoms with Gasteiger partial charge in [-0.15, -0.1) is 0 Å². The van der Waals surface area contributed by atoms with Crippen LogP contribution in [0.25, 0.3) is 22.6 Å². The zero-order valence-electron chi connectivity index (χ0n) is 7.81. The van der Waals surface area contributed by atoms with Crippen molar-refractivity contribution >= 4 is 11.2 Å². The molecule has 0 fully saturated rings. The second-order valence-electron chi connectivity index (χ2n) is 3.11. The van der Waals surface area contributed by atoms with Gasteiger partial charge in [0.25, 0.3) is 0 Å². The van der Waals surface area contributed by atoms with Crippen LogP contribution in [0, 0.1) is 6.07 Å². The van der Waals surface area contributed by atoms with Crippen LogP contribution in [0.15, 0.2) is 36.8 Å². The number of aromatic amines is 1. The molecular weight excluding hydrogens is 188 g/mol. The summed E-state index contributed by atoms with van der Waals surface area (Å²) in [5, 5.41) is 0. The molecule has 0 saturated carbocycles. The number of rotatable bonds is 1. The van der Waals surface area contributed by atoms with E-state index in [0.717, 1.165) is 16.7 Å². The van der Waals surface area contributed by atoms with Gasteiger partial charge in [0.15, 0.2) is 11.5 Å². The summed E-state index contributed by atoms with van der Waals surface area (Å²) in [5.74, 6) is 0.660. The van der Waals surface area contributed by atoms with Crippen molar-refractivity contribution in [2.45, 2.75) is 0 Å². The van der Waals surface area contributed by atoms with E-state index in [-0.39, 0.29) is 0 Å². The van der Waals surface area contributed by atoms with Crippen LogP contribution >= 0.6 is 0 Å². The highest BCUT2D eigenvalue weighted by Gasteiger charge is 2.03. The average Bonchev–Trinajstić information content (AvgIpc) is 2.77. The first-order chi connectivity index (χ1) is 7.43. The van der Waals surface area contributed by atoms with Crippen molar-refractivity contribution < 1.29 is 0 Å². The highest BCUT2D eigenvalue weighted by molar-refractivity contribution is 5.71. The van der Waals surface area contributed by atoms with Crippen LogP contribution in [0.3, 0.4) is 0 Å². The Hall–Kier alpha value is -2.23. The second kappa shape index (κ2) is 3.16. The van der Waals surface area contributed by atoms with E-state index in [1.165, 1.54) is 0 Å². The van der Waals surface area contributed by atoms with E-state index in [1.807, 2.05) is 24.3 Å². The van der Waals surface area contributed by atoms with Crippen LogP contribution in [0.4, 0.5) is 0 Å². The maximum absolute atomic E-state index is 4.35. The van der Waals surface area contributed by atoms with Crippen LogP contribution in [0.5, 0.6) is 0 Å². The average molecular weight is 195 g/mol. The fourth-order valence-corrected chi connectivity index (χ4v) is 1.40. The van der Waals surface area contributed by atoms with Crippen LogP contribution in [-0.2, 0) is 0 Å². The molecule has 4 heteroatoms. The lowest BCUT2D eigenvalue weighted by molar-refractivity contribution is 1.20. The molecule has 2 aromatic heterocycles. The van der Waals surface area contributed by atoms with E-state index in [4.69, 9.17) is 0 Å². The van der Waals surface area contributed by atoms with Gasteiger partial charge in [-0.1, -0.05) is 24.3 Å². The number of imidazole rings is 1. The fourth-order valence-electron chi connectivity index (χ4n) is 1.40. The Labute approximate surface area is 86.0 Å². The Bertz CT molecular complexity index is 586. The summed E-state index contributed by atoms with van der Waals surface area (Å²) in [7, 11) is 0. The normalized spacial score (nSPS) is 10.7. The van der Waals surface area contributed by atoms with E-state index < -0.39 is 0 Å². The lowest BCUT2D eigenvalue weighted by Gasteiger charge is -1.97. The topological polar surface area (TPSA) is 54.5 Å². The van der Waals surface area contributed by atoms with E-state index in [0.29, 0.717) is 5.82 Å². The summed E-state index contributed by atoms with van der Waals surface area (Å²) in [6.07, 6.45) is 3.31. The SMILES string of the molecule is [c]1ccccc1-c1ncc2nc[nH]c2n1. The molecule has 15 heavy (non-hydrogen) atoms. The first-order valence-electron chi connectivity index (χ1n) is 4.57. The number of fused-ring (bicyclic) bond motifs is 1. The van der Waals surface area contributed by atoms with Gasteiger partial charge < -0.3 is 4.98 Å². The minimum atomic E-state index is 0.660. The summed E-state index contributed by atoms with van der Waals surface area (Å²) < 4.78 is 0. The molecule has 2 heterocycles. The van der Waals surface area contributed by atoms with Gasteiger partial charge in [0.05, 0.1) is 12.5 Å². The predicted molar refractivity (Wildman–Crippen MR) is 56.0 cm³/mol. The third-order valence-corrected chi connectivity index (χ3v) is 2.12. The fraction of sp³-hybridized carbons (Fsp3) is 0. The van der Waals surface area contributed by atoms with Crippen LogP contribution in [0.1, 0.15) is 0 Å². The molecule has 1 N–H and O–H groups in total. The van der Waals surface area contributed by atoms with Crippen molar-refractivity contribution in [3.05, 3.63) is 42.9 Å². The summed E-state index contributed by atoms with van der Waals surface area (Å²) in [6.45, 7) is 0. The summed E-state index contributed by atoms with van der Waals surface area (Å²) in [4.78, 5) is 15.6. The number of H-pyrrole nitrogens is 1. The van der Waals surface area contributed by atoms with Gasteiger partial charge in [-0.25, -0.2) is 15.0 Å². The van der Waals surface area contributed by atoms with Crippen LogP contribution in [-0.4, -0.2) is 19.9 Å². The van der Waals surface area contributed by atoms with E-state index in [9.17, 15) is 0 Å². The van der Waals surface area contributed by atoms with Gasteiger partial charge in [0.2, 0.25) is 0 Å². The maximum atomic E-state index is 4.35. The minimum absolute atomic E-state index is 0.660. The van der Waals surface area contributed by atoms with Crippen molar-refractivity contribution in [1.82, 2.24) is 19.9 Å². The summed E-state index contributed by atoms with van der Waals surface area (Å²) in [5.41, 5.74) is 2.40. The number of hydrogen-bond acceptors (Lipinski definition) is 3. The van der Waals surface area contributed by atoms with Crippen LogP contribution in [0.2, 0.25) is 0 Å². The zero-order valence-corrected chi connectivity index (χ0v) is 7.81. The molecule has 0 atom stereocenters. The Morgan fingerprint density at radius 1 is 1.20 bits per heavy atom. The Morgan fingerprint density at radius 2 is 2.20 bits per heavy atom. The van der Waals surface area contributed by atoms with Crippen molar-refractivity contribution in [3.63, 3.8) is 0 Å². The van der Waals surface area contributed by atoms with Gasteiger partial charge in [-0.05, 0) is 6.07 Å². The van der Waals surface area contributed by atoms with Crippen molar-refractivity contribution in [2.24, 2.45) is 0 Å². The van der Waals surface area contributed by atoms with E-state index in [2.05, 4.69) is 26.0 Å². The second-order valence-corrected chi connectivity index (χ2v) is 3.11. The summed E-state index contributed by atoms with van der Waals surface area (Å²) in [6, 6.07) is 10.7. The molecule has 0 aliphatic carbocycles. The van der Waals surface area contributed by atoms with Gasteiger partial charge in [0, 0.05) is 5.56 Å². The molecule has 4 nitrogen and oxygen atoms in total. The zero-order chi connectivity index (χ0) is 10.1. The van der Waals surface area contributed by atoms with Gasteiger partial charge in [-0.2, -0.15) is 0 Å². The van der Waals surface area contributed by atoms with Crippen molar-refractivity contribution in [2.75, 3.05) is 0 Å². The van der Waals surface area contributed by atoms with Crippen molar-refractivity contribution in [1.29, 1.82) is 0 Å². The molecule has 0 aliphatic rings. The molecule has 3 rings (SSSR count). The molecule has 0 spiro atoms. The Balaban J connectivity index is 2.19. The van der Waals surface area contributed by atoms with Crippen LogP contribution < -0.4 is 0 Å². The molecule has 0 saturated heterocycles. The highest BCUT2D eigenvalue weighted by Crippen LogP contribution is 2.14. The number of nitrogens with zero attached hydrogens (tertiary/aromatic N) is 3. The third kappa shape index (κ3) is 1.36. The molecule has 0 bridgehead atoms. The summed E-state index contributed by atoms with van der Waals surface area (Å²) >= 11 is 0. The molecule has 1 radical (unpaired) electrons. The number of nitrogens with one attached hydrogen (secondary N) is 1. The Morgan fingerprint density at radius 3 is 3.07 bits per heavy atom. The Kier molecular flexibility index (Phi) is 1.71. The lowest BCUT2D eigenvalue weighted by atomic mass is 10.2. The predicted octanol–water partition coefficient (Wildman–Crippen LogP) is 1.82. The molecule has 1 aromatic carbocycles. The van der Waals surface area contributed by atoms with Gasteiger partial charge in [0.1, 0.15) is 5.52 Å². The quantitative estimate of drug-likeness (QED) is 0.644. The van der Waals surface area contributed by atoms with E-state index in [1.54, 1.807) is 12.5 Å². The van der Waals surface area contributed by atoms with E-state index >= 15 is 0 Å². The minimum Gasteiger partial charge on any atom is -0.329 e. The third-order valence-electron chi connectivity index (χ3n) is 2.12. The molecule has 71 valence electrons. The number of aromatic nitrogens is 4. The molecule has 0 amide bonds. The molecule has 0 unspecified atom stereocenters. The first kappa shape index (κ1) is 8.11. The smallest absolute Gasteiger partial charge is 0.162 e. The van der Waals surface area contributed by atoms with Crippen molar-refractivity contribution in [3.8, 4) is 11.4 Å². The number of benzene rings is 1. The first-order valence-corrected chi connectivity index (χ1v) is 4.57. The highest BCUT2D eigenvalue weighted by atomic mass is 15.0. The molecular formula is C11H7N4. The monoisotopic (exact) mass is 195 g/mol.